The Labute approximate surface area is 126 Å². The van der Waals surface area contributed by atoms with Crippen molar-refractivity contribution in [1.29, 1.82) is 0 Å². The average molecular weight is 358 g/mol. The van der Waals surface area contributed by atoms with Crippen LogP contribution in [0.3, 0.4) is 0 Å². The number of sulfonamides is 1. The smallest absolute Gasteiger partial charge is 0.207 e. The molecular formula is C14H13BrFNO2S. The van der Waals surface area contributed by atoms with Gasteiger partial charge in [0.2, 0.25) is 10.0 Å². The van der Waals surface area contributed by atoms with Crippen molar-refractivity contribution in [2.75, 3.05) is 0 Å². The minimum Gasteiger partial charge on any atom is -0.207 e. The summed E-state index contributed by atoms with van der Waals surface area (Å²) < 4.78 is 40.6. The van der Waals surface area contributed by atoms with E-state index >= 15 is 0 Å². The number of hydrogen-bond acceptors (Lipinski definition) is 2. The molecule has 0 bridgehead atoms. The number of benzene rings is 2. The van der Waals surface area contributed by atoms with E-state index in [2.05, 4.69) is 20.7 Å². The molecule has 0 aromatic heterocycles. The van der Waals surface area contributed by atoms with E-state index in [0.29, 0.717) is 10.0 Å². The van der Waals surface area contributed by atoms with Gasteiger partial charge in [0.15, 0.2) is 0 Å². The second-order valence-electron chi connectivity index (χ2n) is 4.35. The van der Waals surface area contributed by atoms with Gasteiger partial charge in [0.25, 0.3) is 0 Å². The van der Waals surface area contributed by atoms with E-state index in [9.17, 15) is 12.8 Å². The largest absolute Gasteiger partial charge is 0.241 e. The van der Waals surface area contributed by atoms with E-state index in [1.54, 1.807) is 31.2 Å². The first-order valence-corrected chi connectivity index (χ1v) is 8.19. The Kier molecular flexibility index (Phi) is 4.57. The van der Waals surface area contributed by atoms with E-state index in [1.807, 2.05) is 0 Å². The maximum atomic E-state index is 12.9. The van der Waals surface area contributed by atoms with Crippen LogP contribution in [0.2, 0.25) is 0 Å². The zero-order valence-corrected chi connectivity index (χ0v) is 13.1. The van der Waals surface area contributed by atoms with Crippen LogP contribution in [0.25, 0.3) is 0 Å². The molecule has 0 aliphatic rings. The average Bonchev–Trinajstić information content (AvgIpc) is 2.39. The summed E-state index contributed by atoms with van der Waals surface area (Å²) in [7, 11) is -3.61. The highest BCUT2D eigenvalue weighted by Crippen LogP contribution is 2.19. The molecule has 2 aromatic carbocycles. The van der Waals surface area contributed by atoms with Gasteiger partial charge in [0.05, 0.1) is 4.90 Å². The fourth-order valence-electron chi connectivity index (χ4n) is 1.75. The summed E-state index contributed by atoms with van der Waals surface area (Å²) in [6.07, 6.45) is 0. The molecule has 106 valence electrons. The van der Waals surface area contributed by atoms with Crippen LogP contribution < -0.4 is 4.72 Å². The molecule has 0 spiro atoms. The van der Waals surface area contributed by atoms with Crippen molar-refractivity contribution in [2.24, 2.45) is 0 Å². The molecule has 0 unspecified atom stereocenters. The summed E-state index contributed by atoms with van der Waals surface area (Å²) in [5, 5.41) is 0. The molecule has 2 aromatic rings. The van der Waals surface area contributed by atoms with Crippen molar-refractivity contribution in [1.82, 2.24) is 4.72 Å². The van der Waals surface area contributed by atoms with Gasteiger partial charge < -0.3 is 0 Å². The Morgan fingerprint density at radius 3 is 2.40 bits per heavy atom. The molecule has 1 atom stereocenters. The monoisotopic (exact) mass is 357 g/mol. The third-order valence-electron chi connectivity index (χ3n) is 2.81. The number of halogens is 2. The van der Waals surface area contributed by atoms with E-state index in [0.717, 1.165) is 0 Å². The predicted octanol–water partition coefficient (Wildman–Crippen LogP) is 3.63. The first kappa shape index (κ1) is 15.2. The fourth-order valence-corrected chi connectivity index (χ4v) is 3.58. The molecule has 2 rings (SSSR count). The summed E-state index contributed by atoms with van der Waals surface area (Å²) in [5.74, 6) is -0.351. The van der Waals surface area contributed by atoms with Crippen molar-refractivity contribution in [2.45, 2.75) is 17.9 Å². The van der Waals surface area contributed by atoms with Crippen LogP contribution in [0.1, 0.15) is 18.5 Å². The van der Waals surface area contributed by atoms with Crippen molar-refractivity contribution in [3.8, 4) is 0 Å². The van der Waals surface area contributed by atoms with Gasteiger partial charge in [-0.05, 0) is 42.8 Å². The molecule has 6 heteroatoms. The van der Waals surface area contributed by atoms with E-state index in [1.165, 1.54) is 24.3 Å². The molecule has 0 radical (unpaired) electrons. The molecular weight excluding hydrogens is 345 g/mol. The van der Waals surface area contributed by atoms with Crippen LogP contribution in [-0.2, 0) is 10.0 Å². The van der Waals surface area contributed by atoms with Crippen LogP contribution in [-0.4, -0.2) is 8.42 Å². The minimum atomic E-state index is -3.61. The number of hydrogen-bond donors (Lipinski definition) is 1. The minimum absolute atomic E-state index is 0.181. The van der Waals surface area contributed by atoms with Crippen LogP contribution in [0.4, 0.5) is 4.39 Å². The number of nitrogens with one attached hydrogen (secondary N) is 1. The fraction of sp³-hybridized carbons (Fsp3) is 0.143. The van der Waals surface area contributed by atoms with Gasteiger partial charge in [-0.2, -0.15) is 0 Å². The zero-order chi connectivity index (χ0) is 14.8. The van der Waals surface area contributed by atoms with Gasteiger partial charge in [0.1, 0.15) is 5.82 Å². The second-order valence-corrected chi connectivity index (χ2v) is 6.98. The Hall–Kier alpha value is -1.24. The molecule has 0 heterocycles. The molecule has 0 amide bonds. The molecule has 0 aliphatic carbocycles. The molecule has 0 aliphatic heterocycles. The second kappa shape index (κ2) is 6.03. The lowest BCUT2D eigenvalue weighted by molar-refractivity contribution is 0.566. The topological polar surface area (TPSA) is 46.2 Å². The first-order valence-electron chi connectivity index (χ1n) is 5.92. The lowest BCUT2D eigenvalue weighted by atomic mass is 10.1. The van der Waals surface area contributed by atoms with Gasteiger partial charge >= 0.3 is 0 Å². The van der Waals surface area contributed by atoms with Crippen molar-refractivity contribution in [3.05, 3.63) is 64.4 Å². The SMILES string of the molecule is C[C@H](NS(=O)(=O)c1cccc(Br)c1)c1ccc(F)cc1. The van der Waals surface area contributed by atoms with Gasteiger partial charge in [-0.25, -0.2) is 17.5 Å². The quantitative estimate of drug-likeness (QED) is 0.907. The lowest BCUT2D eigenvalue weighted by Gasteiger charge is -2.14. The Bertz CT molecular complexity index is 701. The predicted molar refractivity (Wildman–Crippen MR) is 79.3 cm³/mol. The highest BCUT2D eigenvalue weighted by Gasteiger charge is 2.18. The van der Waals surface area contributed by atoms with Gasteiger partial charge in [-0.15, -0.1) is 0 Å². The standard InChI is InChI=1S/C14H13BrFNO2S/c1-10(11-5-7-13(16)8-6-11)17-20(18,19)14-4-2-3-12(15)9-14/h2-10,17H,1H3/t10-/m0/s1. The van der Waals surface area contributed by atoms with E-state index in [-0.39, 0.29) is 10.7 Å². The lowest BCUT2D eigenvalue weighted by Crippen LogP contribution is -2.26. The summed E-state index contributed by atoms with van der Waals surface area (Å²) >= 11 is 3.24. The summed E-state index contributed by atoms with van der Waals surface area (Å²) in [6, 6.07) is 11.7. The molecule has 0 fully saturated rings. The summed E-state index contributed by atoms with van der Waals surface area (Å²) in [5.41, 5.74) is 0.699. The highest BCUT2D eigenvalue weighted by atomic mass is 79.9. The van der Waals surface area contributed by atoms with Gasteiger partial charge in [0, 0.05) is 10.5 Å². The molecule has 0 saturated carbocycles. The normalized spacial score (nSPS) is 13.2. The Balaban J connectivity index is 2.22. The van der Waals surface area contributed by atoms with Gasteiger partial charge in [-0.3, -0.25) is 0 Å². The first-order chi connectivity index (χ1) is 9.38. The summed E-state index contributed by atoms with van der Waals surface area (Å²) in [6.45, 7) is 1.71. The zero-order valence-electron chi connectivity index (χ0n) is 10.7. The Morgan fingerprint density at radius 2 is 1.80 bits per heavy atom. The van der Waals surface area contributed by atoms with Crippen LogP contribution in [0.15, 0.2) is 57.9 Å². The van der Waals surface area contributed by atoms with E-state index in [4.69, 9.17) is 0 Å². The summed E-state index contributed by atoms with van der Waals surface area (Å²) in [4.78, 5) is 0.181. The third-order valence-corrected chi connectivity index (χ3v) is 4.84. The van der Waals surface area contributed by atoms with Crippen LogP contribution in [0.5, 0.6) is 0 Å². The molecule has 3 nitrogen and oxygen atoms in total. The van der Waals surface area contributed by atoms with Crippen LogP contribution >= 0.6 is 15.9 Å². The molecule has 20 heavy (non-hydrogen) atoms. The maximum Gasteiger partial charge on any atom is 0.241 e. The van der Waals surface area contributed by atoms with Crippen molar-refractivity contribution in [3.63, 3.8) is 0 Å². The van der Waals surface area contributed by atoms with Crippen molar-refractivity contribution >= 4 is 26.0 Å². The van der Waals surface area contributed by atoms with E-state index < -0.39 is 16.1 Å². The molecule has 1 N–H and O–H groups in total. The highest BCUT2D eigenvalue weighted by molar-refractivity contribution is 9.10. The Morgan fingerprint density at radius 1 is 1.15 bits per heavy atom. The van der Waals surface area contributed by atoms with Gasteiger partial charge in [-0.1, -0.05) is 34.1 Å². The van der Waals surface area contributed by atoms with Crippen molar-refractivity contribution < 1.29 is 12.8 Å². The maximum absolute atomic E-state index is 12.9. The number of rotatable bonds is 4. The third kappa shape index (κ3) is 3.65. The molecule has 0 saturated heterocycles. The van der Waals surface area contributed by atoms with Crippen LogP contribution in [0, 0.1) is 5.82 Å².